The first-order valence-corrected chi connectivity index (χ1v) is 30.2. The van der Waals surface area contributed by atoms with Gasteiger partial charge in [0, 0.05) is 19.3 Å². The molecule has 0 aliphatic rings. The van der Waals surface area contributed by atoms with E-state index in [1.54, 1.807) is 0 Å². The minimum atomic E-state index is -0.763. The molecule has 0 heterocycles. The SMILES string of the molecule is CCCCCCCCCCCCCCCCCCCCCC(=O)O[C@H](COC(=O)CCCCCCCCCCCCCCCC(C)C)COC(=O)CCCCCCCCCCCCCC(C)C. The fourth-order valence-electron chi connectivity index (χ4n) is 9.40. The number of unbranched alkanes of at least 4 members (excludes halogenated alkanes) is 40. The molecule has 0 aliphatic carbocycles. The molecule has 0 spiro atoms. The van der Waals surface area contributed by atoms with Crippen molar-refractivity contribution in [3.8, 4) is 0 Å². The number of carbonyl (C=O) groups is 3. The van der Waals surface area contributed by atoms with E-state index in [2.05, 4.69) is 34.6 Å². The Balaban J connectivity index is 4.29. The third-order valence-corrected chi connectivity index (χ3v) is 14.0. The zero-order chi connectivity index (χ0) is 48.9. The first-order valence-electron chi connectivity index (χ1n) is 30.2. The Bertz CT molecular complexity index is 1020. The lowest BCUT2D eigenvalue weighted by Crippen LogP contribution is -2.30. The molecule has 0 aliphatic heterocycles. The van der Waals surface area contributed by atoms with E-state index in [0.29, 0.717) is 19.3 Å². The van der Waals surface area contributed by atoms with Crippen LogP contribution < -0.4 is 0 Å². The van der Waals surface area contributed by atoms with Gasteiger partial charge in [-0.3, -0.25) is 14.4 Å². The molecule has 0 aromatic rings. The number of carbonyl (C=O) groups excluding carboxylic acids is 3. The van der Waals surface area contributed by atoms with Crippen molar-refractivity contribution in [2.24, 2.45) is 11.8 Å². The molecular formula is C61H118O6. The van der Waals surface area contributed by atoms with Gasteiger partial charge in [-0.2, -0.15) is 0 Å². The van der Waals surface area contributed by atoms with E-state index >= 15 is 0 Å². The van der Waals surface area contributed by atoms with Crippen LogP contribution in [-0.2, 0) is 28.6 Å². The highest BCUT2D eigenvalue weighted by Gasteiger charge is 2.19. The van der Waals surface area contributed by atoms with Crippen LogP contribution in [-0.4, -0.2) is 37.2 Å². The molecule has 0 fully saturated rings. The summed E-state index contributed by atoms with van der Waals surface area (Å²) in [4.78, 5) is 38.2. The number of hydrogen-bond donors (Lipinski definition) is 0. The first kappa shape index (κ1) is 65.4. The quantitative estimate of drug-likeness (QED) is 0.0343. The summed E-state index contributed by atoms with van der Waals surface area (Å²) in [5.74, 6) is 0.830. The fourth-order valence-corrected chi connectivity index (χ4v) is 9.40. The third kappa shape index (κ3) is 55.2. The molecule has 67 heavy (non-hydrogen) atoms. The molecule has 0 radical (unpaired) electrons. The van der Waals surface area contributed by atoms with Crippen LogP contribution in [0.3, 0.4) is 0 Å². The van der Waals surface area contributed by atoms with Gasteiger partial charge in [0.05, 0.1) is 0 Å². The minimum absolute atomic E-state index is 0.0626. The predicted molar refractivity (Wildman–Crippen MR) is 289 cm³/mol. The molecule has 0 saturated heterocycles. The highest BCUT2D eigenvalue weighted by Crippen LogP contribution is 2.18. The smallest absolute Gasteiger partial charge is 0.306 e. The second-order valence-corrected chi connectivity index (χ2v) is 21.9. The molecule has 0 amide bonds. The van der Waals surface area contributed by atoms with Crippen LogP contribution in [0.1, 0.15) is 343 Å². The van der Waals surface area contributed by atoms with Gasteiger partial charge in [0.2, 0.25) is 0 Å². The van der Waals surface area contributed by atoms with E-state index in [-0.39, 0.29) is 31.1 Å². The van der Waals surface area contributed by atoms with Crippen LogP contribution in [0.25, 0.3) is 0 Å². The van der Waals surface area contributed by atoms with Gasteiger partial charge in [-0.05, 0) is 31.1 Å². The van der Waals surface area contributed by atoms with Crippen molar-refractivity contribution < 1.29 is 28.6 Å². The Labute approximate surface area is 418 Å². The second kappa shape index (κ2) is 53.8. The zero-order valence-corrected chi connectivity index (χ0v) is 46.0. The van der Waals surface area contributed by atoms with Crippen molar-refractivity contribution in [1.29, 1.82) is 0 Å². The topological polar surface area (TPSA) is 78.9 Å². The van der Waals surface area contributed by atoms with Gasteiger partial charge < -0.3 is 14.2 Å². The van der Waals surface area contributed by atoms with Crippen LogP contribution in [0.5, 0.6) is 0 Å². The average molecular weight is 948 g/mol. The van der Waals surface area contributed by atoms with Crippen LogP contribution in [0.2, 0.25) is 0 Å². The largest absolute Gasteiger partial charge is 0.462 e. The van der Waals surface area contributed by atoms with Gasteiger partial charge in [-0.15, -0.1) is 0 Å². The summed E-state index contributed by atoms with van der Waals surface area (Å²) in [7, 11) is 0. The molecule has 0 unspecified atom stereocenters. The zero-order valence-electron chi connectivity index (χ0n) is 46.0. The van der Waals surface area contributed by atoms with Crippen molar-refractivity contribution in [3.63, 3.8) is 0 Å². The van der Waals surface area contributed by atoms with E-state index in [9.17, 15) is 14.4 Å². The molecule has 0 aromatic heterocycles. The molecule has 0 bridgehead atoms. The van der Waals surface area contributed by atoms with E-state index in [1.807, 2.05) is 0 Å². The Morgan fingerprint density at radius 2 is 0.493 bits per heavy atom. The maximum atomic E-state index is 12.9. The van der Waals surface area contributed by atoms with Gasteiger partial charge >= 0.3 is 17.9 Å². The Hall–Kier alpha value is -1.59. The summed E-state index contributed by atoms with van der Waals surface area (Å²) in [6, 6.07) is 0. The highest BCUT2D eigenvalue weighted by atomic mass is 16.6. The highest BCUT2D eigenvalue weighted by molar-refractivity contribution is 5.71. The van der Waals surface area contributed by atoms with Gasteiger partial charge in [-0.1, -0.05) is 304 Å². The molecule has 6 heteroatoms. The van der Waals surface area contributed by atoms with E-state index in [1.165, 1.54) is 231 Å². The van der Waals surface area contributed by atoms with Gasteiger partial charge in [0.25, 0.3) is 0 Å². The molecule has 0 rings (SSSR count). The lowest BCUT2D eigenvalue weighted by molar-refractivity contribution is -0.167. The molecular weight excluding hydrogens is 829 g/mol. The Kier molecular flexibility index (Phi) is 52.5. The summed E-state index contributed by atoms with van der Waals surface area (Å²) in [5, 5.41) is 0. The number of rotatable bonds is 55. The van der Waals surface area contributed by atoms with Crippen LogP contribution in [0.4, 0.5) is 0 Å². The molecule has 0 saturated carbocycles. The van der Waals surface area contributed by atoms with Crippen LogP contribution in [0.15, 0.2) is 0 Å². The van der Waals surface area contributed by atoms with E-state index in [4.69, 9.17) is 14.2 Å². The molecule has 0 aromatic carbocycles. The van der Waals surface area contributed by atoms with Gasteiger partial charge in [0.15, 0.2) is 6.10 Å². The lowest BCUT2D eigenvalue weighted by Gasteiger charge is -2.18. The third-order valence-electron chi connectivity index (χ3n) is 14.0. The second-order valence-electron chi connectivity index (χ2n) is 21.9. The maximum Gasteiger partial charge on any atom is 0.306 e. The van der Waals surface area contributed by atoms with Crippen LogP contribution >= 0.6 is 0 Å². The van der Waals surface area contributed by atoms with Gasteiger partial charge in [-0.25, -0.2) is 0 Å². The fraction of sp³-hybridized carbons (Fsp3) is 0.951. The molecule has 0 N–H and O–H groups in total. The molecule has 398 valence electrons. The van der Waals surface area contributed by atoms with E-state index in [0.717, 1.165) is 69.6 Å². The van der Waals surface area contributed by atoms with Crippen LogP contribution in [0, 0.1) is 11.8 Å². The summed E-state index contributed by atoms with van der Waals surface area (Å²) in [5.41, 5.74) is 0. The monoisotopic (exact) mass is 947 g/mol. The molecule has 1 atom stereocenters. The number of esters is 3. The normalized spacial score (nSPS) is 12.0. The number of hydrogen-bond acceptors (Lipinski definition) is 6. The van der Waals surface area contributed by atoms with E-state index < -0.39 is 6.10 Å². The Morgan fingerprint density at radius 1 is 0.284 bits per heavy atom. The van der Waals surface area contributed by atoms with Crippen molar-refractivity contribution in [2.45, 2.75) is 349 Å². The molecule has 6 nitrogen and oxygen atoms in total. The number of ether oxygens (including phenoxy) is 3. The van der Waals surface area contributed by atoms with Crippen molar-refractivity contribution in [2.75, 3.05) is 13.2 Å². The summed E-state index contributed by atoms with van der Waals surface area (Å²) in [6.07, 6.45) is 58.1. The lowest BCUT2D eigenvalue weighted by atomic mass is 10.0. The van der Waals surface area contributed by atoms with Crippen molar-refractivity contribution in [3.05, 3.63) is 0 Å². The maximum absolute atomic E-state index is 12.9. The summed E-state index contributed by atoms with van der Waals surface area (Å²) >= 11 is 0. The standard InChI is InChI=1S/C61H118O6/c1-6-7-8-9-10-11-12-13-14-15-16-17-18-21-27-33-38-43-48-53-61(64)67-58(55-66-60(63)52-47-42-37-32-28-23-25-30-35-40-45-50-57(4)5)54-65-59(62)51-46-41-36-31-26-22-19-20-24-29-34-39-44-49-56(2)3/h56-58H,6-55H2,1-5H3/t58-/m1/s1. The average Bonchev–Trinajstić information content (AvgIpc) is 3.30. The summed E-state index contributed by atoms with van der Waals surface area (Å²) < 4.78 is 16.9. The van der Waals surface area contributed by atoms with Crippen molar-refractivity contribution >= 4 is 17.9 Å². The first-order chi connectivity index (χ1) is 32.7. The predicted octanol–water partition coefficient (Wildman–Crippen LogP) is 20.0. The minimum Gasteiger partial charge on any atom is -0.462 e. The Morgan fingerprint density at radius 3 is 0.731 bits per heavy atom. The van der Waals surface area contributed by atoms with Gasteiger partial charge in [0.1, 0.15) is 13.2 Å². The summed E-state index contributed by atoms with van der Waals surface area (Å²) in [6.45, 7) is 11.4. The van der Waals surface area contributed by atoms with Crippen molar-refractivity contribution in [1.82, 2.24) is 0 Å².